The van der Waals surface area contributed by atoms with Crippen LogP contribution in [0.1, 0.15) is 47.2 Å². The second-order valence-electron chi connectivity index (χ2n) is 12.1. The number of ketones is 1. The van der Waals surface area contributed by atoms with Crippen LogP contribution >= 0.6 is 15.9 Å². The number of hydrogen-bond acceptors (Lipinski definition) is 10. The van der Waals surface area contributed by atoms with Crippen molar-refractivity contribution in [3.8, 4) is 11.1 Å². The summed E-state index contributed by atoms with van der Waals surface area (Å²) in [5.74, 6) is -0.107. The van der Waals surface area contributed by atoms with Gasteiger partial charge in [0.15, 0.2) is 5.78 Å². The maximum Gasteiger partial charge on any atom is 0.264 e. The number of amides is 2. The number of benzene rings is 1. The Morgan fingerprint density at radius 3 is 2.46 bits per heavy atom. The summed E-state index contributed by atoms with van der Waals surface area (Å²) in [6.07, 6.45) is 5.11. The fourth-order valence-corrected chi connectivity index (χ4v) is 7.05. The predicted molar refractivity (Wildman–Crippen MR) is 172 cm³/mol. The molecule has 1 saturated heterocycles. The number of piperidine rings is 1. The highest BCUT2D eigenvalue weighted by atomic mass is 79.9. The molecule has 1 aliphatic heterocycles. The molecular formula is C31H32BrN7O6S. The third-order valence-electron chi connectivity index (χ3n) is 8.64. The summed E-state index contributed by atoms with van der Waals surface area (Å²) >= 11 is 3.32. The van der Waals surface area contributed by atoms with Crippen LogP contribution in [-0.4, -0.2) is 80.6 Å². The van der Waals surface area contributed by atoms with Gasteiger partial charge in [0.1, 0.15) is 34.5 Å². The third-order valence-corrected chi connectivity index (χ3v) is 9.63. The van der Waals surface area contributed by atoms with Gasteiger partial charge in [-0.1, -0.05) is 6.07 Å². The zero-order chi connectivity index (χ0) is 33.1. The van der Waals surface area contributed by atoms with Gasteiger partial charge in [-0.05, 0) is 84.4 Å². The van der Waals surface area contributed by atoms with Crippen molar-refractivity contribution in [2.75, 3.05) is 18.2 Å². The summed E-state index contributed by atoms with van der Waals surface area (Å²) < 4.78 is 30.9. The van der Waals surface area contributed by atoms with E-state index >= 15 is 0 Å². The second kappa shape index (κ2) is 11.6. The minimum Gasteiger partial charge on any atom is -0.325 e. The van der Waals surface area contributed by atoms with Crippen LogP contribution in [0.3, 0.4) is 0 Å². The first kappa shape index (κ1) is 31.9. The van der Waals surface area contributed by atoms with Gasteiger partial charge in [-0.25, -0.2) is 15.0 Å². The first-order valence-corrected chi connectivity index (χ1v) is 17.2. The molecule has 6 rings (SSSR count). The Morgan fingerprint density at radius 1 is 1.07 bits per heavy atom. The van der Waals surface area contributed by atoms with E-state index in [2.05, 4.69) is 41.3 Å². The van der Waals surface area contributed by atoms with Crippen molar-refractivity contribution in [2.45, 2.75) is 59.2 Å². The lowest BCUT2D eigenvalue weighted by Gasteiger charge is -2.27. The molecule has 0 radical (unpaired) electrons. The molecule has 4 aromatic rings. The molecule has 46 heavy (non-hydrogen) atoms. The van der Waals surface area contributed by atoms with Crippen LogP contribution < -0.4 is 5.32 Å². The smallest absolute Gasteiger partial charge is 0.264 e. The molecule has 13 nitrogen and oxygen atoms in total. The summed E-state index contributed by atoms with van der Waals surface area (Å²) in [6.45, 7) is 6.52. The van der Waals surface area contributed by atoms with Gasteiger partial charge in [0.25, 0.3) is 10.1 Å². The number of carbonyl (C=O) groups excluding carboxylic acids is 3. The van der Waals surface area contributed by atoms with Gasteiger partial charge >= 0.3 is 0 Å². The van der Waals surface area contributed by atoms with Gasteiger partial charge in [0.2, 0.25) is 11.8 Å². The standard InChI is InChI=1S/C31H32BrN7O6S/c1-16-6-7-25(32)35-29(16)36-30(42)23-10-31(15-45-46(5,43)44)11-24(31)39(23)26(41)14-38-28-17(2)8-20(21-12-33-19(4)34-13-21)9-22(28)27(37-38)18(3)40/h6-9,12-13,23-24H,10-11,14-15H2,1-5H3,(H,35,36,42)/t23-,24+,31-/m0/s1. The lowest BCUT2D eigenvalue weighted by Crippen LogP contribution is -2.47. The molecule has 2 aliphatic rings. The molecule has 2 amide bonds. The largest absolute Gasteiger partial charge is 0.325 e. The Hall–Kier alpha value is -4.08. The van der Waals surface area contributed by atoms with E-state index in [0.717, 1.165) is 28.5 Å². The Balaban J connectivity index is 1.34. The first-order valence-electron chi connectivity index (χ1n) is 14.6. The number of nitrogens with one attached hydrogen (secondary N) is 1. The van der Waals surface area contributed by atoms with Gasteiger partial charge in [-0.3, -0.25) is 23.2 Å². The van der Waals surface area contributed by atoms with E-state index in [1.54, 1.807) is 38.4 Å². The molecule has 0 spiro atoms. The molecular weight excluding hydrogens is 678 g/mol. The van der Waals surface area contributed by atoms with Crippen LogP contribution in [0.5, 0.6) is 0 Å². The number of likely N-dealkylation sites (tertiary alicyclic amines) is 1. The molecule has 4 heterocycles. The number of fused-ring (bicyclic) bond motifs is 2. The highest BCUT2D eigenvalue weighted by Gasteiger charge is 2.67. The molecule has 1 saturated carbocycles. The van der Waals surface area contributed by atoms with E-state index < -0.39 is 39.4 Å². The monoisotopic (exact) mass is 709 g/mol. The lowest BCUT2D eigenvalue weighted by atomic mass is 10.00. The Kier molecular flexibility index (Phi) is 8.05. The van der Waals surface area contributed by atoms with Crippen LogP contribution in [-0.2, 0) is 30.4 Å². The normalized spacial score (nSPS) is 20.5. The fourth-order valence-electron chi connectivity index (χ4n) is 6.30. The van der Waals surface area contributed by atoms with Crippen molar-refractivity contribution >= 4 is 60.4 Å². The minimum atomic E-state index is -3.74. The number of anilines is 1. The van der Waals surface area contributed by atoms with Crippen LogP contribution in [0.2, 0.25) is 0 Å². The van der Waals surface area contributed by atoms with Crippen molar-refractivity contribution in [1.82, 2.24) is 29.6 Å². The molecule has 0 unspecified atom stereocenters. The average molecular weight is 711 g/mol. The molecule has 1 aromatic carbocycles. The number of aromatic nitrogens is 5. The fraction of sp³-hybridized carbons (Fsp3) is 0.387. The van der Waals surface area contributed by atoms with Gasteiger partial charge in [0, 0.05) is 41.7 Å². The number of pyridine rings is 1. The third kappa shape index (κ3) is 6.06. The van der Waals surface area contributed by atoms with Crippen molar-refractivity contribution < 1.29 is 27.0 Å². The number of aryl methyl sites for hydroxylation is 3. The van der Waals surface area contributed by atoms with Crippen molar-refractivity contribution in [3.05, 3.63) is 63.9 Å². The topological polar surface area (TPSA) is 166 Å². The van der Waals surface area contributed by atoms with Crippen molar-refractivity contribution in [1.29, 1.82) is 0 Å². The molecule has 1 N–H and O–H groups in total. The Bertz CT molecular complexity index is 2030. The van der Waals surface area contributed by atoms with E-state index in [4.69, 9.17) is 4.18 Å². The van der Waals surface area contributed by atoms with E-state index in [0.29, 0.717) is 33.6 Å². The minimum absolute atomic E-state index is 0.137. The van der Waals surface area contributed by atoms with Gasteiger partial charge in [-0.15, -0.1) is 0 Å². The molecule has 2 fully saturated rings. The van der Waals surface area contributed by atoms with Crippen LogP contribution in [0.15, 0.2) is 41.3 Å². The predicted octanol–water partition coefficient (Wildman–Crippen LogP) is 3.75. The summed E-state index contributed by atoms with van der Waals surface area (Å²) in [5.41, 5.74) is 3.26. The second-order valence-corrected chi connectivity index (χ2v) is 14.6. The maximum atomic E-state index is 14.1. The first-order chi connectivity index (χ1) is 21.7. The van der Waals surface area contributed by atoms with E-state index in [1.807, 2.05) is 19.1 Å². The number of carbonyl (C=O) groups is 3. The van der Waals surface area contributed by atoms with Crippen LogP contribution in [0.4, 0.5) is 5.82 Å². The number of Topliss-reactive ketones (excluding diaryl/α,β-unsaturated/α-hetero) is 1. The van der Waals surface area contributed by atoms with Gasteiger partial charge < -0.3 is 10.2 Å². The lowest BCUT2D eigenvalue weighted by molar-refractivity contribution is -0.138. The number of rotatable bonds is 9. The van der Waals surface area contributed by atoms with E-state index in [1.165, 1.54) is 16.5 Å². The zero-order valence-corrected chi connectivity index (χ0v) is 28.3. The van der Waals surface area contributed by atoms with Gasteiger partial charge in [-0.2, -0.15) is 13.5 Å². The SMILES string of the molecule is CC(=O)c1nn(CC(=O)N2[C@H](C(=O)Nc3nc(Br)ccc3C)C[C@@]3(COS(C)(=O)=O)C[C@@H]23)c2c(C)cc(-c3cnc(C)nc3)cc12. The van der Waals surface area contributed by atoms with Crippen molar-refractivity contribution in [3.63, 3.8) is 0 Å². The summed E-state index contributed by atoms with van der Waals surface area (Å²) in [4.78, 5) is 55.0. The molecule has 15 heteroatoms. The summed E-state index contributed by atoms with van der Waals surface area (Å²) in [5, 5.41) is 8.00. The zero-order valence-electron chi connectivity index (χ0n) is 25.9. The summed E-state index contributed by atoms with van der Waals surface area (Å²) in [6, 6.07) is 6.02. The highest BCUT2D eigenvalue weighted by Crippen LogP contribution is 2.60. The molecule has 240 valence electrons. The number of hydrogen-bond donors (Lipinski definition) is 1. The van der Waals surface area contributed by atoms with Gasteiger partial charge in [0.05, 0.1) is 18.4 Å². The molecule has 3 aromatic heterocycles. The number of nitrogens with zero attached hydrogens (tertiary/aromatic N) is 6. The molecule has 3 atom stereocenters. The Labute approximate surface area is 274 Å². The highest BCUT2D eigenvalue weighted by molar-refractivity contribution is 9.10. The molecule has 0 bridgehead atoms. The van der Waals surface area contributed by atoms with Crippen molar-refractivity contribution in [2.24, 2.45) is 5.41 Å². The van der Waals surface area contributed by atoms with Crippen LogP contribution in [0.25, 0.3) is 22.0 Å². The van der Waals surface area contributed by atoms with Crippen LogP contribution in [0, 0.1) is 26.2 Å². The van der Waals surface area contributed by atoms with E-state index in [9.17, 15) is 22.8 Å². The quantitative estimate of drug-likeness (QED) is 0.154. The average Bonchev–Trinajstić information content (AvgIpc) is 3.39. The maximum absolute atomic E-state index is 14.1. The number of halogens is 1. The molecule has 1 aliphatic carbocycles. The summed E-state index contributed by atoms with van der Waals surface area (Å²) in [7, 11) is -3.74. The van der Waals surface area contributed by atoms with E-state index in [-0.39, 0.29) is 31.0 Å². The Morgan fingerprint density at radius 2 is 1.78 bits per heavy atom.